The van der Waals surface area contributed by atoms with E-state index < -0.39 is 30.4 Å². The SMILES string of the molecule is CCCCCCCCCCCCCCCC(=O)OC(CCC(=O)[O-])CC(=O)[O-]. The maximum absolute atomic E-state index is 11.8. The van der Waals surface area contributed by atoms with Crippen molar-refractivity contribution in [1.82, 2.24) is 0 Å². The van der Waals surface area contributed by atoms with Crippen LogP contribution in [0.4, 0.5) is 0 Å². The Kier molecular flexibility index (Phi) is 17.7. The molecule has 0 aliphatic carbocycles. The first-order valence-corrected chi connectivity index (χ1v) is 11.0. The Balaban J connectivity index is 3.58. The molecule has 0 heterocycles. The summed E-state index contributed by atoms with van der Waals surface area (Å²) in [6.07, 6.45) is 14.1. The quantitative estimate of drug-likeness (QED) is 0.230. The maximum atomic E-state index is 11.8. The fourth-order valence-corrected chi connectivity index (χ4v) is 3.20. The van der Waals surface area contributed by atoms with Crippen LogP contribution in [0.1, 0.15) is 116 Å². The summed E-state index contributed by atoms with van der Waals surface area (Å²) in [5.41, 5.74) is 0. The van der Waals surface area contributed by atoms with E-state index in [1.165, 1.54) is 64.2 Å². The third-order valence-corrected chi connectivity index (χ3v) is 4.85. The zero-order valence-electron chi connectivity index (χ0n) is 17.5. The van der Waals surface area contributed by atoms with E-state index in [1.54, 1.807) is 0 Å². The van der Waals surface area contributed by atoms with Gasteiger partial charge in [-0.05, 0) is 19.3 Å². The molecule has 0 N–H and O–H groups in total. The number of unbranched alkanes of at least 4 members (excludes halogenated alkanes) is 12. The van der Waals surface area contributed by atoms with Gasteiger partial charge in [0.25, 0.3) is 0 Å². The third kappa shape index (κ3) is 19.2. The largest absolute Gasteiger partial charge is 0.550 e. The Morgan fingerprint density at radius 3 is 1.57 bits per heavy atom. The van der Waals surface area contributed by atoms with Crippen LogP contribution < -0.4 is 10.2 Å². The van der Waals surface area contributed by atoms with Crippen LogP contribution in [0.2, 0.25) is 0 Å². The van der Waals surface area contributed by atoms with Gasteiger partial charge in [0.2, 0.25) is 0 Å². The molecule has 0 radical (unpaired) electrons. The molecule has 6 heteroatoms. The van der Waals surface area contributed by atoms with Gasteiger partial charge in [-0.2, -0.15) is 0 Å². The van der Waals surface area contributed by atoms with E-state index >= 15 is 0 Å². The van der Waals surface area contributed by atoms with Crippen LogP contribution >= 0.6 is 0 Å². The molecule has 0 aromatic carbocycles. The molecule has 0 aromatic heterocycles. The number of esters is 1. The lowest BCUT2D eigenvalue weighted by Gasteiger charge is -2.18. The summed E-state index contributed by atoms with van der Waals surface area (Å²) in [5, 5.41) is 21.1. The topological polar surface area (TPSA) is 107 Å². The minimum atomic E-state index is -1.36. The van der Waals surface area contributed by atoms with E-state index in [0.717, 1.165) is 12.8 Å². The summed E-state index contributed by atoms with van der Waals surface area (Å²) in [5.74, 6) is -3.14. The Bertz CT molecular complexity index is 421. The number of carbonyl (C=O) groups excluding carboxylic acids is 3. The second-order valence-corrected chi connectivity index (χ2v) is 7.59. The lowest BCUT2D eigenvalue weighted by molar-refractivity contribution is -0.310. The zero-order chi connectivity index (χ0) is 21.0. The van der Waals surface area contributed by atoms with E-state index in [-0.39, 0.29) is 19.3 Å². The van der Waals surface area contributed by atoms with E-state index in [9.17, 15) is 24.6 Å². The number of carbonyl (C=O) groups is 3. The number of hydrogen-bond acceptors (Lipinski definition) is 6. The highest BCUT2D eigenvalue weighted by molar-refractivity contribution is 5.71. The molecular formula is C22H38O6-2. The van der Waals surface area contributed by atoms with E-state index in [0.29, 0.717) is 6.42 Å². The van der Waals surface area contributed by atoms with Crippen molar-refractivity contribution >= 4 is 17.9 Å². The summed E-state index contributed by atoms with van der Waals surface area (Å²) in [6.45, 7) is 2.23. The smallest absolute Gasteiger partial charge is 0.306 e. The van der Waals surface area contributed by atoms with Gasteiger partial charge in [-0.3, -0.25) is 4.79 Å². The van der Waals surface area contributed by atoms with Gasteiger partial charge in [-0.1, -0.05) is 84.0 Å². The third-order valence-electron chi connectivity index (χ3n) is 4.85. The van der Waals surface area contributed by atoms with Crippen molar-refractivity contribution < 1.29 is 29.3 Å². The summed E-state index contributed by atoms with van der Waals surface area (Å²) in [4.78, 5) is 32.9. The molecule has 0 saturated heterocycles. The number of aliphatic carboxylic acids is 2. The molecule has 6 nitrogen and oxygen atoms in total. The average molecular weight is 399 g/mol. The van der Waals surface area contributed by atoms with Gasteiger partial charge in [-0.25, -0.2) is 0 Å². The van der Waals surface area contributed by atoms with E-state index in [4.69, 9.17) is 4.74 Å². The molecule has 28 heavy (non-hydrogen) atoms. The van der Waals surface area contributed by atoms with Crippen molar-refractivity contribution in [2.24, 2.45) is 0 Å². The Labute approximate surface area is 170 Å². The van der Waals surface area contributed by atoms with Crippen molar-refractivity contribution in [2.75, 3.05) is 0 Å². The molecule has 0 spiro atoms. The summed E-state index contributed by atoms with van der Waals surface area (Å²) >= 11 is 0. The molecular weight excluding hydrogens is 360 g/mol. The van der Waals surface area contributed by atoms with Gasteiger partial charge in [0.1, 0.15) is 6.10 Å². The maximum Gasteiger partial charge on any atom is 0.306 e. The van der Waals surface area contributed by atoms with Gasteiger partial charge >= 0.3 is 5.97 Å². The summed E-state index contributed by atoms with van der Waals surface area (Å²) in [7, 11) is 0. The Morgan fingerprint density at radius 1 is 0.679 bits per heavy atom. The molecule has 164 valence electrons. The molecule has 0 aliphatic rings. The van der Waals surface area contributed by atoms with Crippen molar-refractivity contribution in [2.45, 2.75) is 122 Å². The summed E-state index contributed by atoms with van der Waals surface area (Å²) < 4.78 is 5.07. The minimum Gasteiger partial charge on any atom is -0.550 e. The monoisotopic (exact) mass is 398 g/mol. The lowest BCUT2D eigenvalue weighted by atomic mass is 10.0. The number of carboxylic acids is 2. The van der Waals surface area contributed by atoms with Gasteiger partial charge in [0.05, 0.1) is 0 Å². The molecule has 0 amide bonds. The second kappa shape index (κ2) is 18.8. The van der Waals surface area contributed by atoms with Gasteiger partial charge in [0, 0.05) is 24.8 Å². The number of rotatable bonds is 20. The highest BCUT2D eigenvalue weighted by Crippen LogP contribution is 2.14. The number of ether oxygens (including phenoxy) is 1. The van der Waals surface area contributed by atoms with Crippen molar-refractivity contribution in [1.29, 1.82) is 0 Å². The first kappa shape index (κ1) is 26.4. The summed E-state index contributed by atoms with van der Waals surface area (Å²) in [6, 6.07) is 0. The highest BCUT2D eigenvalue weighted by atomic mass is 16.5. The normalized spacial score (nSPS) is 11.9. The van der Waals surface area contributed by atoms with Crippen molar-refractivity contribution in [3.8, 4) is 0 Å². The number of carboxylic acid groups (broad SMARTS) is 2. The standard InChI is InChI=1S/C22H40O6/c1-2-3-4-5-6-7-8-9-10-11-12-13-14-15-22(27)28-19(18-21(25)26)16-17-20(23)24/h19H,2-18H2,1H3,(H,23,24)(H,25,26)/p-2. The van der Waals surface area contributed by atoms with Crippen LogP contribution in [0, 0.1) is 0 Å². The molecule has 0 aliphatic heterocycles. The lowest BCUT2D eigenvalue weighted by Crippen LogP contribution is -2.32. The first-order chi connectivity index (χ1) is 13.5. The molecule has 1 unspecified atom stereocenters. The molecule has 0 fully saturated rings. The molecule has 0 aromatic rings. The molecule has 0 bridgehead atoms. The van der Waals surface area contributed by atoms with Crippen LogP contribution in [0.3, 0.4) is 0 Å². The first-order valence-electron chi connectivity index (χ1n) is 11.0. The number of hydrogen-bond donors (Lipinski definition) is 0. The second-order valence-electron chi connectivity index (χ2n) is 7.59. The predicted molar refractivity (Wildman–Crippen MR) is 104 cm³/mol. The van der Waals surface area contributed by atoms with Gasteiger partial charge < -0.3 is 24.5 Å². The van der Waals surface area contributed by atoms with Crippen LogP contribution in [-0.4, -0.2) is 24.0 Å². The fourth-order valence-electron chi connectivity index (χ4n) is 3.20. The van der Waals surface area contributed by atoms with Crippen LogP contribution in [-0.2, 0) is 19.1 Å². The molecule has 0 saturated carbocycles. The minimum absolute atomic E-state index is 0.0688. The van der Waals surface area contributed by atoms with Crippen LogP contribution in [0.15, 0.2) is 0 Å². The Morgan fingerprint density at radius 2 is 1.14 bits per heavy atom. The van der Waals surface area contributed by atoms with Gasteiger partial charge in [0.15, 0.2) is 0 Å². The fraction of sp³-hybridized carbons (Fsp3) is 0.864. The Hall–Kier alpha value is -1.59. The zero-order valence-corrected chi connectivity index (χ0v) is 17.5. The van der Waals surface area contributed by atoms with Crippen LogP contribution in [0.5, 0.6) is 0 Å². The van der Waals surface area contributed by atoms with Crippen molar-refractivity contribution in [3.05, 3.63) is 0 Å². The van der Waals surface area contributed by atoms with Gasteiger partial charge in [-0.15, -0.1) is 0 Å². The van der Waals surface area contributed by atoms with Crippen molar-refractivity contribution in [3.63, 3.8) is 0 Å². The average Bonchev–Trinajstić information content (AvgIpc) is 2.63. The predicted octanol–water partition coefficient (Wildman–Crippen LogP) is 3.05. The molecule has 1 atom stereocenters. The van der Waals surface area contributed by atoms with E-state index in [2.05, 4.69) is 6.92 Å². The molecule has 0 rings (SSSR count). The highest BCUT2D eigenvalue weighted by Gasteiger charge is 2.14. The van der Waals surface area contributed by atoms with E-state index in [1.807, 2.05) is 0 Å². The van der Waals surface area contributed by atoms with Crippen LogP contribution in [0.25, 0.3) is 0 Å².